The van der Waals surface area contributed by atoms with E-state index in [1.165, 1.54) is 5.56 Å². The number of halogens is 1. The van der Waals surface area contributed by atoms with E-state index in [-0.39, 0.29) is 0 Å². The summed E-state index contributed by atoms with van der Waals surface area (Å²) in [6.07, 6.45) is 1.94. The number of likely N-dealkylation sites (N-methyl/N-ethyl adjacent to an activating group) is 1. The molecule has 17 heavy (non-hydrogen) atoms. The Hall–Kier alpha value is -0.930. The van der Waals surface area contributed by atoms with E-state index >= 15 is 0 Å². The van der Waals surface area contributed by atoms with E-state index in [0.717, 1.165) is 18.5 Å². The van der Waals surface area contributed by atoms with Crippen LogP contribution in [0.15, 0.2) is 24.3 Å². The zero-order valence-corrected chi connectivity index (χ0v) is 10.3. The van der Waals surface area contributed by atoms with E-state index in [2.05, 4.69) is 5.32 Å². The highest BCUT2D eigenvalue weighted by Crippen LogP contribution is 2.36. The number of nitrogens with one attached hydrogen (secondary N) is 1. The standard InChI is InChI=1S/C14H20FNO/c1-16-9-6-12-2-4-13(5-3-12)14(15)7-10-17-11-8-14/h2-5,16H,6-11H2,1H3. The lowest BCUT2D eigenvalue weighted by Gasteiger charge is -2.30. The highest BCUT2D eigenvalue weighted by atomic mass is 19.1. The monoisotopic (exact) mass is 237 g/mol. The van der Waals surface area contributed by atoms with Gasteiger partial charge in [0.05, 0.1) is 0 Å². The molecule has 1 N–H and O–H groups in total. The lowest BCUT2D eigenvalue weighted by molar-refractivity contribution is -0.0114. The van der Waals surface area contributed by atoms with Gasteiger partial charge in [0.2, 0.25) is 0 Å². The highest BCUT2D eigenvalue weighted by Gasteiger charge is 2.33. The molecule has 0 spiro atoms. The summed E-state index contributed by atoms with van der Waals surface area (Å²) >= 11 is 0. The van der Waals surface area contributed by atoms with E-state index < -0.39 is 5.67 Å². The first-order valence-electron chi connectivity index (χ1n) is 6.25. The van der Waals surface area contributed by atoms with E-state index in [9.17, 15) is 4.39 Å². The Morgan fingerprint density at radius 2 is 1.88 bits per heavy atom. The number of benzene rings is 1. The zero-order valence-electron chi connectivity index (χ0n) is 10.3. The van der Waals surface area contributed by atoms with Gasteiger partial charge < -0.3 is 10.1 Å². The van der Waals surface area contributed by atoms with Crippen molar-refractivity contribution >= 4 is 0 Å². The molecule has 0 radical (unpaired) electrons. The molecule has 2 rings (SSSR count). The van der Waals surface area contributed by atoms with E-state index in [4.69, 9.17) is 4.74 Å². The SMILES string of the molecule is CNCCc1ccc(C2(F)CCOCC2)cc1. The number of rotatable bonds is 4. The summed E-state index contributed by atoms with van der Waals surface area (Å²) in [6.45, 7) is 2.00. The number of hydrogen-bond acceptors (Lipinski definition) is 2. The molecule has 1 heterocycles. The molecule has 0 aromatic heterocycles. The predicted octanol–water partition coefficient (Wildman–Crippen LogP) is 2.42. The number of ether oxygens (including phenoxy) is 1. The molecule has 0 amide bonds. The van der Waals surface area contributed by atoms with E-state index in [1.807, 2.05) is 31.3 Å². The molecule has 2 nitrogen and oxygen atoms in total. The summed E-state index contributed by atoms with van der Waals surface area (Å²) < 4.78 is 19.8. The zero-order chi connectivity index (χ0) is 12.1. The summed E-state index contributed by atoms with van der Waals surface area (Å²) in [6, 6.07) is 7.92. The third kappa shape index (κ3) is 3.05. The van der Waals surface area contributed by atoms with Crippen LogP contribution in [0.1, 0.15) is 24.0 Å². The van der Waals surface area contributed by atoms with Gasteiger partial charge in [0.25, 0.3) is 0 Å². The third-order valence-electron chi connectivity index (χ3n) is 3.42. The molecule has 94 valence electrons. The molecule has 0 saturated carbocycles. The van der Waals surface area contributed by atoms with Crippen LogP contribution in [0.5, 0.6) is 0 Å². The number of hydrogen-bond donors (Lipinski definition) is 1. The van der Waals surface area contributed by atoms with E-state index in [0.29, 0.717) is 26.1 Å². The first-order chi connectivity index (χ1) is 8.24. The molecule has 0 atom stereocenters. The van der Waals surface area contributed by atoms with Crippen LogP contribution in [-0.2, 0) is 16.8 Å². The molecule has 0 unspecified atom stereocenters. The Morgan fingerprint density at radius 3 is 2.47 bits per heavy atom. The largest absolute Gasteiger partial charge is 0.381 e. The normalized spacial score (nSPS) is 19.2. The second kappa shape index (κ2) is 5.61. The van der Waals surface area contributed by atoms with Crippen LogP contribution >= 0.6 is 0 Å². The van der Waals surface area contributed by atoms with E-state index in [1.54, 1.807) is 0 Å². The second-order valence-corrected chi connectivity index (χ2v) is 4.63. The molecule has 1 aromatic rings. The molecule has 0 bridgehead atoms. The molecule has 1 fully saturated rings. The van der Waals surface area contributed by atoms with Gasteiger partial charge in [-0.25, -0.2) is 4.39 Å². The fourth-order valence-electron chi connectivity index (χ4n) is 2.22. The Bertz CT molecular complexity index is 344. The van der Waals surface area contributed by atoms with Crippen LogP contribution in [0.25, 0.3) is 0 Å². The van der Waals surface area contributed by atoms with Gasteiger partial charge in [0, 0.05) is 26.1 Å². The van der Waals surface area contributed by atoms with Crippen molar-refractivity contribution in [3.63, 3.8) is 0 Å². The molecule has 3 heteroatoms. The van der Waals surface area contributed by atoms with Crippen LogP contribution in [0.2, 0.25) is 0 Å². The number of alkyl halides is 1. The van der Waals surface area contributed by atoms with Crippen molar-refractivity contribution in [2.75, 3.05) is 26.8 Å². The van der Waals surface area contributed by atoms with Crippen molar-refractivity contribution in [3.8, 4) is 0 Å². The lowest BCUT2D eigenvalue weighted by Crippen LogP contribution is -2.29. The van der Waals surface area contributed by atoms with Crippen LogP contribution in [-0.4, -0.2) is 26.8 Å². The van der Waals surface area contributed by atoms with Crippen molar-refractivity contribution in [1.82, 2.24) is 5.32 Å². The van der Waals surface area contributed by atoms with Gasteiger partial charge in [-0.1, -0.05) is 24.3 Å². The third-order valence-corrected chi connectivity index (χ3v) is 3.42. The molecule has 1 aromatic carbocycles. The summed E-state index contributed by atoms with van der Waals surface area (Å²) in [7, 11) is 1.94. The molecular weight excluding hydrogens is 217 g/mol. The second-order valence-electron chi connectivity index (χ2n) is 4.63. The highest BCUT2D eigenvalue weighted by molar-refractivity contribution is 5.28. The summed E-state index contributed by atoms with van der Waals surface area (Å²) in [5.41, 5.74) is 0.868. The molecule has 0 aliphatic carbocycles. The van der Waals surface area contributed by atoms with Crippen molar-refractivity contribution in [3.05, 3.63) is 35.4 Å². The van der Waals surface area contributed by atoms with Crippen LogP contribution in [0, 0.1) is 0 Å². The van der Waals surface area contributed by atoms with Gasteiger partial charge in [0.15, 0.2) is 0 Å². The minimum atomic E-state index is -1.18. The molecular formula is C14H20FNO. The van der Waals surface area contributed by atoms with Crippen molar-refractivity contribution in [2.45, 2.75) is 24.9 Å². The summed E-state index contributed by atoms with van der Waals surface area (Å²) in [5, 5.41) is 3.11. The van der Waals surface area contributed by atoms with Gasteiger partial charge in [-0.3, -0.25) is 0 Å². The maximum Gasteiger partial charge on any atom is 0.140 e. The Morgan fingerprint density at radius 1 is 1.24 bits per heavy atom. The molecule has 1 aliphatic heterocycles. The van der Waals surface area contributed by atoms with Crippen LogP contribution in [0.4, 0.5) is 4.39 Å². The average Bonchev–Trinajstić information content (AvgIpc) is 2.38. The van der Waals surface area contributed by atoms with Crippen LogP contribution < -0.4 is 5.32 Å². The Labute approximate surface area is 102 Å². The smallest absolute Gasteiger partial charge is 0.140 e. The molecule has 1 aliphatic rings. The van der Waals surface area contributed by atoms with Crippen molar-refractivity contribution in [2.24, 2.45) is 0 Å². The van der Waals surface area contributed by atoms with Gasteiger partial charge in [-0.2, -0.15) is 0 Å². The average molecular weight is 237 g/mol. The summed E-state index contributed by atoms with van der Waals surface area (Å²) in [5.74, 6) is 0. The first-order valence-corrected chi connectivity index (χ1v) is 6.25. The minimum Gasteiger partial charge on any atom is -0.381 e. The van der Waals surface area contributed by atoms with Gasteiger partial charge in [-0.15, -0.1) is 0 Å². The quantitative estimate of drug-likeness (QED) is 0.868. The lowest BCUT2D eigenvalue weighted by atomic mass is 9.88. The van der Waals surface area contributed by atoms with Crippen molar-refractivity contribution < 1.29 is 9.13 Å². The topological polar surface area (TPSA) is 21.3 Å². The fraction of sp³-hybridized carbons (Fsp3) is 0.571. The molecule has 1 saturated heterocycles. The van der Waals surface area contributed by atoms with Crippen molar-refractivity contribution in [1.29, 1.82) is 0 Å². The van der Waals surface area contributed by atoms with Gasteiger partial charge >= 0.3 is 0 Å². The Balaban J connectivity index is 2.06. The maximum absolute atomic E-state index is 14.6. The van der Waals surface area contributed by atoms with Gasteiger partial charge in [-0.05, 0) is 31.1 Å². The first kappa shape index (κ1) is 12.5. The fourth-order valence-corrected chi connectivity index (χ4v) is 2.22. The van der Waals surface area contributed by atoms with Crippen LogP contribution in [0.3, 0.4) is 0 Å². The maximum atomic E-state index is 14.6. The Kier molecular flexibility index (Phi) is 4.13. The van der Waals surface area contributed by atoms with Gasteiger partial charge in [0.1, 0.15) is 5.67 Å². The minimum absolute atomic E-state index is 0.475. The summed E-state index contributed by atoms with van der Waals surface area (Å²) in [4.78, 5) is 0. The predicted molar refractivity (Wildman–Crippen MR) is 66.9 cm³/mol.